The molecule has 0 unspecified atom stereocenters. The number of rotatable bonds is 3. The molecule has 0 spiro atoms. The maximum atomic E-state index is 11.6. The van der Waals surface area contributed by atoms with Crippen LogP contribution in [0.2, 0.25) is 0 Å². The fraction of sp³-hybridized carbons (Fsp3) is 0.0714. The van der Waals surface area contributed by atoms with Crippen LogP contribution in [0.4, 0.5) is 0 Å². The Bertz CT molecular complexity index is 701. The topological polar surface area (TPSA) is 79.3 Å². The third kappa shape index (κ3) is 2.87. The van der Waals surface area contributed by atoms with E-state index in [1.807, 2.05) is 0 Å². The van der Waals surface area contributed by atoms with Crippen LogP contribution < -0.4 is 5.32 Å². The first kappa shape index (κ1) is 12.6. The van der Waals surface area contributed by atoms with Crippen molar-refractivity contribution in [3.05, 3.63) is 41.6 Å². The molecule has 0 aliphatic rings. The molecule has 0 bridgehead atoms. The quantitative estimate of drug-likeness (QED) is 0.802. The highest BCUT2D eigenvalue weighted by Crippen LogP contribution is 2.14. The van der Waals surface area contributed by atoms with Gasteiger partial charge in [0.05, 0.1) is 5.52 Å². The van der Waals surface area contributed by atoms with E-state index in [0.717, 1.165) is 10.9 Å². The van der Waals surface area contributed by atoms with Crippen molar-refractivity contribution >= 4 is 22.8 Å². The molecule has 5 nitrogen and oxygen atoms in total. The first-order valence-electron chi connectivity index (χ1n) is 5.47. The van der Waals surface area contributed by atoms with E-state index in [0.29, 0.717) is 5.52 Å². The summed E-state index contributed by atoms with van der Waals surface area (Å²) in [4.78, 5) is 26.2. The highest BCUT2D eigenvalue weighted by atomic mass is 16.4. The van der Waals surface area contributed by atoms with Crippen LogP contribution in [0.15, 0.2) is 30.3 Å². The number of fused-ring (bicyclic) bond motifs is 1. The van der Waals surface area contributed by atoms with Gasteiger partial charge in [-0.3, -0.25) is 9.59 Å². The first-order valence-corrected chi connectivity index (χ1v) is 5.47. The van der Waals surface area contributed by atoms with Gasteiger partial charge in [-0.1, -0.05) is 12.0 Å². The van der Waals surface area contributed by atoms with Gasteiger partial charge in [0.2, 0.25) is 0 Å². The lowest BCUT2D eigenvalue weighted by atomic mass is 10.1. The van der Waals surface area contributed by atoms with Gasteiger partial charge in [-0.15, -0.1) is 6.42 Å². The van der Waals surface area contributed by atoms with Crippen LogP contribution in [0, 0.1) is 12.3 Å². The number of carboxylic acid groups (broad SMARTS) is 1. The zero-order valence-corrected chi connectivity index (χ0v) is 9.88. The van der Waals surface area contributed by atoms with Crippen molar-refractivity contribution in [1.82, 2.24) is 10.3 Å². The van der Waals surface area contributed by atoms with Crippen molar-refractivity contribution in [2.75, 3.05) is 6.54 Å². The number of benzene rings is 1. The number of amides is 1. The van der Waals surface area contributed by atoms with Gasteiger partial charge >= 0.3 is 5.97 Å². The van der Waals surface area contributed by atoms with Gasteiger partial charge in [-0.05, 0) is 24.3 Å². The molecule has 0 saturated heterocycles. The fourth-order valence-electron chi connectivity index (χ4n) is 1.59. The Morgan fingerprint density at radius 1 is 1.32 bits per heavy atom. The van der Waals surface area contributed by atoms with Crippen LogP contribution in [-0.2, 0) is 4.79 Å². The van der Waals surface area contributed by atoms with Crippen LogP contribution >= 0.6 is 0 Å². The summed E-state index contributed by atoms with van der Waals surface area (Å²) in [6, 6.07) is 8.49. The summed E-state index contributed by atoms with van der Waals surface area (Å²) in [5, 5.41) is 11.6. The van der Waals surface area contributed by atoms with E-state index in [9.17, 15) is 9.59 Å². The van der Waals surface area contributed by atoms with Crippen molar-refractivity contribution in [2.45, 2.75) is 0 Å². The standard InChI is InChI=1S/C14H10N2O3/c1-2-9-3-5-11-10(7-9)4-6-12(16-11)14(19)15-8-13(17)18/h1,3-7H,8H2,(H,15,19)(H,17,18). The van der Waals surface area contributed by atoms with E-state index in [1.54, 1.807) is 24.3 Å². The Hall–Kier alpha value is -2.87. The van der Waals surface area contributed by atoms with E-state index in [2.05, 4.69) is 16.2 Å². The number of carbonyl (C=O) groups excluding carboxylic acids is 1. The average molecular weight is 254 g/mol. The maximum Gasteiger partial charge on any atom is 0.322 e. The minimum atomic E-state index is -1.10. The Labute approximate surface area is 109 Å². The van der Waals surface area contributed by atoms with Gasteiger partial charge in [-0.25, -0.2) is 4.98 Å². The molecule has 1 aromatic carbocycles. The summed E-state index contributed by atoms with van der Waals surface area (Å²) in [5.41, 5.74) is 1.53. The molecule has 5 heteroatoms. The second-order valence-electron chi connectivity index (χ2n) is 3.82. The number of hydrogen-bond acceptors (Lipinski definition) is 3. The average Bonchev–Trinajstić information content (AvgIpc) is 2.43. The van der Waals surface area contributed by atoms with E-state index in [-0.39, 0.29) is 5.69 Å². The van der Waals surface area contributed by atoms with E-state index in [1.165, 1.54) is 6.07 Å². The molecular formula is C14H10N2O3. The third-order valence-corrected chi connectivity index (χ3v) is 2.49. The number of carboxylic acids is 1. The molecule has 19 heavy (non-hydrogen) atoms. The number of aromatic nitrogens is 1. The minimum Gasteiger partial charge on any atom is -0.480 e. The highest BCUT2D eigenvalue weighted by molar-refractivity contribution is 5.96. The summed E-state index contributed by atoms with van der Waals surface area (Å²) in [7, 11) is 0. The highest BCUT2D eigenvalue weighted by Gasteiger charge is 2.09. The predicted octanol–water partition coefficient (Wildman–Crippen LogP) is 1.03. The van der Waals surface area contributed by atoms with Gasteiger partial charge in [-0.2, -0.15) is 0 Å². The summed E-state index contributed by atoms with van der Waals surface area (Å²) >= 11 is 0. The lowest BCUT2D eigenvalue weighted by Gasteiger charge is -2.03. The second kappa shape index (κ2) is 5.19. The fourth-order valence-corrected chi connectivity index (χ4v) is 1.59. The van der Waals surface area contributed by atoms with Gasteiger partial charge in [0.15, 0.2) is 0 Å². The monoisotopic (exact) mass is 254 g/mol. The van der Waals surface area contributed by atoms with Crippen LogP contribution in [0.25, 0.3) is 10.9 Å². The molecule has 0 saturated carbocycles. The molecule has 0 radical (unpaired) electrons. The molecule has 0 fully saturated rings. The zero-order chi connectivity index (χ0) is 13.8. The van der Waals surface area contributed by atoms with Crippen molar-refractivity contribution < 1.29 is 14.7 Å². The first-order chi connectivity index (χ1) is 9.10. The molecule has 2 aromatic rings. The molecule has 0 aliphatic carbocycles. The third-order valence-electron chi connectivity index (χ3n) is 2.49. The summed E-state index contributed by atoms with van der Waals surface area (Å²) in [5.74, 6) is 0.890. The van der Waals surface area contributed by atoms with E-state index < -0.39 is 18.4 Å². The predicted molar refractivity (Wildman–Crippen MR) is 69.6 cm³/mol. The van der Waals surface area contributed by atoms with Gasteiger partial charge in [0, 0.05) is 10.9 Å². The molecule has 2 rings (SSSR count). The number of pyridine rings is 1. The van der Waals surface area contributed by atoms with Crippen LogP contribution in [0.5, 0.6) is 0 Å². The minimum absolute atomic E-state index is 0.169. The smallest absolute Gasteiger partial charge is 0.322 e. The number of terminal acetylenes is 1. The Kier molecular flexibility index (Phi) is 3.44. The SMILES string of the molecule is C#Cc1ccc2nc(C(=O)NCC(=O)O)ccc2c1. The summed E-state index contributed by atoms with van der Waals surface area (Å²) in [6.07, 6.45) is 5.30. The molecule has 1 aromatic heterocycles. The molecular weight excluding hydrogens is 244 g/mol. The van der Waals surface area contributed by atoms with Crippen LogP contribution in [-0.4, -0.2) is 28.5 Å². The van der Waals surface area contributed by atoms with Gasteiger partial charge in [0.25, 0.3) is 5.91 Å². The zero-order valence-electron chi connectivity index (χ0n) is 9.88. The molecule has 0 atom stereocenters. The number of nitrogens with zero attached hydrogens (tertiary/aromatic N) is 1. The van der Waals surface area contributed by atoms with Crippen LogP contribution in [0.3, 0.4) is 0 Å². The van der Waals surface area contributed by atoms with Gasteiger partial charge < -0.3 is 10.4 Å². The van der Waals surface area contributed by atoms with Crippen molar-refractivity contribution in [3.63, 3.8) is 0 Å². The number of nitrogens with one attached hydrogen (secondary N) is 1. The normalized spacial score (nSPS) is 9.84. The molecule has 94 valence electrons. The largest absolute Gasteiger partial charge is 0.480 e. The van der Waals surface area contributed by atoms with E-state index >= 15 is 0 Å². The molecule has 2 N–H and O–H groups in total. The maximum absolute atomic E-state index is 11.6. The van der Waals surface area contributed by atoms with Crippen molar-refractivity contribution in [3.8, 4) is 12.3 Å². The lowest BCUT2D eigenvalue weighted by Crippen LogP contribution is -2.29. The second-order valence-corrected chi connectivity index (χ2v) is 3.82. The van der Waals surface area contributed by atoms with Crippen LogP contribution in [0.1, 0.15) is 16.1 Å². The Morgan fingerprint density at radius 3 is 2.79 bits per heavy atom. The van der Waals surface area contributed by atoms with Gasteiger partial charge in [0.1, 0.15) is 12.2 Å². The summed E-state index contributed by atoms with van der Waals surface area (Å²) < 4.78 is 0. The number of aliphatic carboxylic acids is 1. The number of hydrogen-bond donors (Lipinski definition) is 2. The van der Waals surface area contributed by atoms with Crippen molar-refractivity contribution in [1.29, 1.82) is 0 Å². The lowest BCUT2D eigenvalue weighted by molar-refractivity contribution is -0.135. The van der Waals surface area contributed by atoms with Crippen molar-refractivity contribution in [2.24, 2.45) is 0 Å². The Balaban J connectivity index is 2.29. The number of carbonyl (C=O) groups is 2. The summed E-state index contributed by atoms with van der Waals surface area (Å²) in [6.45, 7) is -0.436. The Morgan fingerprint density at radius 2 is 2.11 bits per heavy atom. The molecule has 1 amide bonds. The molecule has 1 heterocycles. The molecule has 0 aliphatic heterocycles. The van der Waals surface area contributed by atoms with E-state index in [4.69, 9.17) is 11.5 Å².